The number of ether oxygens (including phenoxy) is 1. The largest absolute Gasteiger partial charge is 0.379 e. The number of non-ortho nitro benzene ring substituents is 1. The van der Waals surface area contributed by atoms with Gasteiger partial charge in [-0.1, -0.05) is 26.0 Å². The molecular formula is C19H32IN5O3. The number of nitrogens with zero attached hydrogens (tertiary/aromatic N) is 3. The molecule has 0 aliphatic carbocycles. The minimum absolute atomic E-state index is 0. The first-order chi connectivity index (χ1) is 13.0. The van der Waals surface area contributed by atoms with Gasteiger partial charge in [0, 0.05) is 44.4 Å². The van der Waals surface area contributed by atoms with Gasteiger partial charge in [-0.15, -0.1) is 24.0 Å². The van der Waals surface area contributed by atoms with Gasteiger partial charge >= 0.3 is 0 Å². The standard InChI is InChI=1S/C19H31N5O3.HI/c1-4-20-19(21-13-16-6-5-7-17(12-16)24(25)26)22-14-18(15(2)3)23-8-10-27-11-9-23;/h5-7,12,15,18H,4,8-11,13-14H2,1-3H3,(H2,20,21,22);1H. The summed E-state index contributed by atoms with van der Waals surface area (Å²) in [5.74, 6) is 1.23. The van der Waals surface area contributed by atoms with Crippen molar-refractivity contribution >= 4 is 35.6 Å². The number of rotatable bonds is 8. The number of nitro groups is 1. The van der Waals surface area contributed by atoms with Gasteiger partial charge in [-0.2, -0.15) is 0 Å². The maximum Gasteiger partial charge on any atom is 0.269 e. The Morgan fingerprint density at radius 1 is 1.32 bits per heavy atom. The molecule has 0 saturated carbocycles. The summed E-state index contributed by atoms with van der Waals surface area (Å²) in [7, 11) is 0. The van der Waals surface area contributed by atoms with E-state index in [2.05, 4.69) is 34.4 Å². The Morgan fingerprint density at radius 3 is 2.64 bits per heavy atom. The molecule has 1 heterocycles. The van der Waals surface area contributed by atoms with Crippen LogP contribution in [0.3, 0.4) is 0 Å². The molecule has 1 atom stereocenters. The van der Waals surface area contributed by atoms with E-state index in [4.69, 9.17) is 4.74 Å². The molecule has 1 aliphatic rings. The summed E-state index contributed by atoms with van der Waals surface area (Å²) in [6.45, 7) is 11.9. The van der Waals surface area contributed by atoms with Crippen LogP contribution in [0.4, 0.5) is 5.69 Å². The maximum absolute atomic E-state index is 10.9. The zero-order chi connectivity index (χ0) is 19.6. The maximum atomic E-state index is 10.9. The van der Waals surface area contributed by atoms with Crippen molar-refractivity contribution in [3.63, 3.8) is 0 Å². The van der Waals surface area contributed by atoms with Crippen molar-refractivity contribution in [3.05, 3.63) is 39.9 Å². The molecule has 0 amide bonds. The average Bonchev–Trinajstić information content (AvgIpc) is 2.67. The van der Waals surface area contributed by atoms with E-state index in [1.807, 2.05) is 13.0 Å². The third kappa shape index (κ3) is 7.88. The van der Waals surface area contributed by atoms with Gasteiger partial charge in [-0.05, 0) is 18.4 Å². The number of benzene rings is 1. The zero-order valence-electron chi connectivity index (χ0n) is 16.9. The van der Waals surface area contributed by atoms with Gasteiger partial charge in [-0.25, -0.2) is 4.99 Å². The number of aliphatic imine (C=N–C) groups is 1. The quantitative estimate of drug-likeness (QED) is 0.186. The van der Waals surface area contributed by atoms with Crippen molar-refractivity contribution in [2.75, 3.05) is 39.4 Å². The Kier molecular flexibility index (Phi) is 11.3. The Balaban J connectivity index is 0.00000392. The Labute approximate surface area is 184 Å². The fourth-order valence-electron chi connectivity index (χ4n) is 3.18. The lowest BCUT2D eigenvalue weighted by atomic mass is 10.0. The van der Waals surface area contributed by atoms with E-state index < -0.39 is 0 Å². The minimum Gasteiger partial charge on any atom is -0.379 e. The van der Waals surface area contributed by atoms with Gasteiger partial charge in [0.2, 0.25) is 0 Å². The SMILES string of the molecule is CCNC(=NCc1cccc([N+](=O)[O-])c1)NCC(C(C)C)N1CCOCC1.I. The number of halogens is 1. The van der Waals surface area contributed by atoms with Gasteiger partial charge in [0.1, 0.15) is 0 Å². The number of nitro benzene ring substituents is 1. The van der Waals surface area contributed by atoms with Gasteiger partial charge in [0.15, 0.2) is 5.96 Å². The Hall–Kier alpha value is -1.46. The molecule has 1 saturated heterocycles. The molecule has 9 heteroatoms. The first-order valence-corrected chi connectivity index (χ1v) is 9.58. The molecule has 0 aromatic heterocycles. The molecule has 158 valence electrons. The predicted molar refractivity (Wildman–Crippen MR) is 122 cm³/mol. The number of guanidine groups is 1. The molecule has 8 nitrogen and oxygen atoms in total. The van der Waals surface area contributed by atoms with Crippen molar-refractivity contribution in [2.45, 2.75) is 33.4 Å². The minimum atomic E-state index is -0.383. The molecule has 2 rings (SSSR count). The number of morpholine rings is 1. The van der Waals surface area contributed by atoms with Gasteiger partial charge in [0.05, 0.1) is 24.7 Å². The summed E-state index contributed by atoms with van der Waals surface area (Å²) >= 11 is 0. The van der Waals surface area contributed by atoms with Crippen LogP contribution < -0.4 is 10.6 Å². The highest BCUT2D eigenvalue weighted by atomic mass is 127. The first-order valence-electron chi connectivity index (χ1n) is 9.58. The summed E-state index contributed by atoms with van der Waals surface area (Å²) < 4.78 is 5.46. The van der Waals surface area contributed by atoms with Crippen LogP contribution in [0.2, 0.25) is 0 Å². The first kappa shape index (κ1) is 24.6. The monoisotopic (exact) mass is 505 g/mol. The molecule has 1 aliphatic heterocycles. The highest BCUT2D eigenvalue weighted by Crippen LogP contribution is 2.14. The topological polar surface area (TPSA) is 92.0 Å². The predicted octanol–water partition coefficient (Wildman–Crippen LogP) is 2.62. The van der Waals surface area contributed by atoms with Crippen LogP contribution in [0, 0.1) is 16.0 Å². The van der Waals surface area contributed by atoms with E-state index in [1.165, 1.54) is 6.07 Å². The molecule has 0 bridgehead atoms. The van der Waals surface area contributed by atoms with Crippen LogP contribution in [-0.2, 0) is 11.3 Å². The van der Waals surface area contributed by atoms with Crippen LogP contribution in [-0.4, -0.2) is 61.2 Å². The number of nitrogens with one attached hydrogen (secondary N) is 2. The van der Waals surface area contributed by atoms with Gasteiger partial charge in [-0.3, -0.25) is 15.0 Å². The van der Waals surface area contributed by atoms with E-state index >= 15 is 0 Å². The van der Waals surface area contributed by atoms with E-state index in [0.717, 1.165) is 50.9 Å². The molecule has 1 fully saturated rings. The van der Waals surface area contributed by atoms with Gasteiger partial charge < -0.3 is 15.4 Å². The van der Waals surface area contributed by atoms with Crippen LogP contribution >= 0.6 is 24.0 Å². The van der Waals surface area contributed by atoms with Gasteiger partial charge in [0.25, 0.3) is 5.69 Å². The third-order valence-electron chi connectivity index (χ3n) is 4.65. The number of hydrogen-bond acceptors (Lipinski definition) is 5. The molecule has 2 N–H and O–H groups in total. The molecule has 1 aromatic rings. The van der Waals surface area contributed by atoms with Crippen molar-refractivity contribution in [3.8, 4) is 0 Å². The van der Waals surface area contributed by atoms with E-state index in [1.54, 1.807) is 12.1 Å². The molecule has 28 heavy (non-hydrogen) atoms. The third-order valence-corrected chi connectivity index (χ3v) is 4.65. The normalized spacial score (nSPS) is 16.4. The Bertz CT molecular complexity index is 636. The second kappa shape index (κ2) is 12.9. The summed E-state index contributed by atoms with van der Waals surface area (Å²) in [5.41, 5.74) is 0.905. The number of hydrogen-bond donors (Lipinski definition) is 2. The lowest BCUT2D eigenvalue weighted by Crippen LogP contribution is -2.52. The highest BCUT2D eigenvalue weighted by molar-refractivity contribution is 14.0. The summed E-state index contributed by atoms with van der Waals surface area (Å²) in [6, 6.07) is 7.00. The average molecular weight is 505 g/mol. The van der Waals surface area contributed by atoms with Crippen molar-refractivity contribution in [2.24, 2.45) is 10.9 Å². The second-order valence-corrected chi connectivity index (χ2v) is 6.96. The smallest absolute Gasteiger partial charge is 0.269 e. The lowest BCUT2D eigenvalue weighted by molar-refractivity contribution is -0.384. The van der Waals surface area contributed by atoms with Crippen molar-refractivity contribution < 1.29 is 9.66 Å². The van der Waals surface area contributed by atoms with E-state index in [9.17, 15) is 10.1 Å². The Morgan fingerprint density at radius 2 is 2.04 bits per heavy atom. The van der Waals surface area contributed by atoms with Crippen LogP contribution in [0.5, 0.6) is 0 Å². The zero-order valence-corrected chi connectivity index (χ0v) is 19.2. The van der Waals surface area contributed by atoms with Crippen LogP contribution in [0.25, 0.3) is 0 Å². The summed E-state index contributed by atoms with van der Waals surface area (Å²) in [6.07, 6.45) is 0. The second-order valence-electron chi connectivity index (χ2n) is 6.96. The summed E-state index contributed by atoms with van der Waals surface area (Å²) in [4.78, 5) is 17.6. The fourth-order valence-corrected chi connectivity index (χ4v) is 3.18. The highest BCUT2D eigenvalue weighted by Gasteiger charge is 2.23. The molecule has 1 unspecified atom stereocenters. The van der Waals surface area contributed by atoms with Crippen LogP contribution in [0.15, 0.2) is 29.3 Å². The molecule has 0 radical (unpaired) electrons. The fraction of sp³-hybridized carbons (Fsp3) is 0.632. The van der Waals surface area contributed by atoms with E-state index in [-0.39, 0.29) is 34.6 Å². The molecule has 0 spiro atoms. The molecular weight excluding hydrogens is 473 g/mol. The lowest BCUT2D eigenvalue weighted by Gasteiger charge is -2.37. The molecule has 1 aromatic carbocycles. The summed E-state index contributed by atoms with van der Waals surface area (Å²) in [5, 5.41) is 17.6. The van der Waals surface area contributed by atoms with E-state index in [0.29, 0.717) is 18.5 Å². The van der Waals surface area contributed by atoms with Crippen molar-refractivity contribution in [1.29, 1.82) is 0 Å². The van der Waals surface area contributed by atoms with Crippen molar-refractivity contribution in [1.82, 2.24) is 15.5 Å². The van der Waals surface area contributed by atoms with Crippen LogP contribution in [0.1, 0.15) is 26.3 Å².